The number of aromatic nitrogens is 8. The molecule has 7 rings (SSSR count). The molecule has 0 atom stereocenters. The molecular formula is C63H82N16O18. The summed E-state index contributed by atoms with van der Waals surface area (Å²) in [5, 5.41) is 21.1. The van der Waals surface area contributed by atoms with E-state index in [1.165, 1.54) is 52.3 Å². The fourth-order valence-corrected chi connectivity index (χ4v) is 8.50. The first-order valence-electron chi connectivity index (χ1n) is 31.0. The zero-order chi connectivity index (χ0) is 68.8. The highest BCUT2D eigenvalue weighted by atomic mass is 16.6. The number of aromatic amines is 2. The van der Waals surface area contributed by atoms with E-state index in [0.717, 1.165) is 5.56 Å². The van der Waals surface area contributed by atoms with Crippen LogP contribution in [0.2, 0.25) is 0 Å². The standard InChI is InChI=1S/C63H82N16O18/c1-77-19-17-64-55(77)61(85)70-46-37-49(68-39-46)58(82)65-16-14-54(81)74-52-42-79(3)57(76-52)62(86)71-47-38-50(69-40-47)59(83)66-15-13-53(80)73-51-41-78(2)56(75-51)60(84)67-18-20-88-21-22-89-23-24-90-25-26-91-27-28-92-29-30-93-31-32-94-33-34-95-35-36-96-48-11-9-45(10-12-48)72-63(87)97-43-44-7-5-4-6-8-44/h4-12,17,19,37-42,68-69H,13-16,18,20-36,43H2,1-3H3,(H,65,82)(H,66,83)(H,67,84)(H,70,85)(H,71,86)(H,72,87)(H,73,80)(H,74,81). The maximum Gasteiger partial charge on any atom is 0.411 e. The number of hydrogen-bond acceptors (Lipinski definition) is 21. The normalized spacial score (nSPS) is 11.0. The van der Waals surface area contributed by atoms with Gasteiger partial charge in [-0.25, -0.2) is 19.7 Å². The number of anilines is 5. The first-order chi connectivity index (χ1) is 47.2. The van der Waals surface area contributed by atoms with Crippen LogP contribution in [-0.2, 0) is 80.0 Å². The predicted octanol–water partition coefficient (Wildman–Crippen LogP) is 3.26. The quantitative estimate of drug-likeness (QED) is 0.0245. The fraction of sp³-hybridized carbons (Fsp3) is 0.413. The van der Waals surface area contributed by atoms with Crippen molar-refractivity contribution in [2.75, 3.05) is 159 Å². The number of nitrogens with zero attached hydrogens (tertiary/aromatic N) is 6. The average molecular weight is 1350 g/mol. The molecule has 8 amide bonds. The Morgan fingerprint density at radius 2 is 0.866 bits per heavy atom. The van der Waals surface area contributed by atoms with E-state index in [1.54, 1.807) is 56.2 Å². The number of aryl methyl sites for hydroxylation is 3. The van der Waals surface area contributed by atoms with E-state index in [4.69, 9.17) is 47.4 Å². The lowest BCUT2D eigenvalue weighted by Crippen LogP contribution is -2.29. The minimum Gasteiger partial charge on any atom is -0.491 e. The second kappa shape index (κ2) is 41.5. The van der Waals surface area contributed by atoms with Gasteiger partial charge in [-0.3, -0.25) is 38.9 Å². The predicted molar refractivity (Wildman–Crippen MR) is 349 cm³/mol. The number of hydrogen-bond donors (Lipinski definition) is 10. The van der Waals surface area contributed by atoms with Gasteiger partial charge in [-0.05, 0) is 42.0 Å². The molecule has 7 aromatic rings. The van der Waals surface area contributed by atoms with Crippen molar-refractivity contribution in [2.45, 2.75) is 19.4 Å². The summed E-state index contributed by atoms with van der Waals surface area (Å²) in [4.78, 5) is 119. The van der Waals surface area contributed by atoms with E-state index in [-0.39, 0.29) is 91.9 Å². The van der Waals surface area contributed by atoms with Gasteiger partial charge >= 0.3 is 6.09 Å². The molecule has 0 saturated heterocycles. The summed E-state index contributed by atoms with van der Waals surface area (Å²) in [7, 11) is 4.83. The van der Waals surface area contributed by atoms with E-state index in [1.807, 2.05) is 30.3 Å². The van der Waals surface area contributed by atoms with Gasteiger partial charge in [0.1, 0.15) is 30.4 Å². The zero-order valence-electron chi connectivity index (χ0n) is 54.1. The van der Waals surface area contributed by atoms with E-state index < -0.39 is 47.4 Å². The summed E-state index contributed by atoms with van der Waals surface area (Å²) in [5.74, 6) is -2.53. The molecule has 0 fully saturated rings. The Labute approximate surface area is 557 Å². The topological polar surface area (TPSA) is 410 Å². The van der Waals surface area contributed by atoms with Crippen LogP contribution in [0.25, 0.3) is 0 Å². The Morgan fingerprint density at radius 3 is 1.33 bits per heavy atom. The van der Waals surface area contributed by atoms with Gasteiger partial charge in [0.15, 0.2) is 17.5 Å². The maximum absolute atomic E-state index is 13.1. The van der Waals surface area contributed by atoms with Crippen molar-refractivity contribution in [3.8, 4) is 5.75 Å². The smallest absolute Gasteiger partial charge is 0.411 e. The number of ether oxygens (including phenoxy) is 10. The van der Waals surface area contributed by atoms with Gasteiger partial charge in [0.05, 0.1) is 117 Å². The fourth-order valence-electron chi connectivity index (χ4n) is 8.50. The Kier molecular flexibility index (Phi) is 31.7. The van der Waals surface area contributed by atoms with Gasteiger partial charge < -0.3 is 108 Å². The van der Waals surface area contributed by atoms with E-state index in [2.05, 4.69) is 67.5 Å². The summed E-state index contributed by atoms with van der Waals surface area (Å²) < 4.78 is 59.6. The van der Waals surface area contributed by atoms with Gasteiger partial charge in [-0.1, -0.05) is 30.3 Å². The van der Waals surface area contributed by atoms with Crippen molar-refractivity contribution in [3.05, 3.63) is 138 Å². The third kappa shape index (κ3) is 27.5. The van der Waals surface area contributed by atoms with Crippen molar-refractivity contribution in [3.63, 3.8) is 0 Å². The Balaban J connectivity index is 0.605. The Hall–Kier alpha value is -10.3. The first-order valence-corrected chi connectivity index (χ1v) is 31.0. The van der Waals surface area contributed by atoms with Gasteiger partial charge in [0.2, 0.25) is 23.5 Å². The van der Waals surface area contributed by atoms with Crippen molar-refractivity contribution in [1.29, 1.82) is 0 Å². The number of amides is 8. The molecule has 0 saturated carbocycles. The molecule has 0 aliphatic heterocycles. The third-order valence-electron chi connectivity index (χ3n) is 13.3. The maximum atomic E-state index is 13.1. The molecule has 5 heterocycles. The van der Waals surface area contributed by atoms with Gasteiger partial charge in [0.25, 0.3) is 29.5 Å². The van der Waals surface area contributed by atoms with Crippen molar-refractivity contribution in [2.24, 2.45) is 21.1 Å². The minimum absolute atomic E-state index is 0.0298. The van der Waals surface area contributed by atoms with Crippen molar-refractivity contribution >= 4 is 76.1 Å². The summed E-state index contributed by atoms with van der Waals surface area (Å²) in [6.45, 7) is 6.92. The lowest BCUT2D eigenvalue weighted by Gasteiger charge is -2.10. The van der Waals surface area contributed by atoms with Crippen LogP contribution in [0.5, 0.6) is 5.75 Å². The zero-order valence-corrected chi connectivity index (χ0v) is 54.1. The van der Waals surface area contributed by atoms with Crippen molar-refractivity contribution in [1.82, 2.24) is 54.6 Å². The molecule has 0 aliphatic carbocycles. The molecule has 10 N–H and O–H groups in total. The molecule has 0 spiro atoms. The monoisotopic (exact) mass is 1350 g/mol. The Bertz CT molecular complexity index is 3590. The second-order valence-electron chi connectivity index (χ2n) is 20.8. The number of H-pyrrole nitrogens is 2. The van der Waals surface area contributed by atoms with Crippen LogP contribution < -0.4 is 47.3 Å². The largest absolute Gasteiger partial charge is 0.491 e. The molecule has 5 aromatic heterocycles. The highest BCUT2D eigenvalue weighted by molar-refractivity contribution is 6.04. The second-order valence-corrected chi connectivity index (χ2v) is 20.8. The third-order valence-corrected chi connectivity index (χ3v) is 13.3. The van der Waals surface area contributed by atoms with Crippen LogP contribution in [0.3, 0.4) is 0 Å². The number of nitrogens with one attached hydrogen (secondary N) is 10. The molecule has 0 aliphatic rings. The molecular weight excluding hydrogens is 1270 g/mol. The minimum atomic E-state index is -0.642. The lowest BCUT2D eigenvalue weighted by molar-refractivity contribution is -0.116. The number of carbonyl (C=O) groups excluding carboxylic acids is 8. The van der Waals surface area contributed by atoms with Crippen LogP contribution in [-0.4, -0.2) is 218 Å². The van der Waals surface area contributed by atoms with E-state index in [9.17, 15) is 38.4 Å². The van der Waals surface area contributed by atoms with Crippen LogP contribution in [0.15, 0.2) is 104 Å². The molecule has 522 valence electrons. The summed E-state index contributed by atoms with van der Waals surface area (Å²) in [6.07, 6.45) is 8.09. The number of rotatable bonds is 46. The van der Waals surface area contributed by atoms with Gasteiger partial charge in [-0.15, -0.1) is 0 Å². The molecule has 97 heavy (non-hydrogen) atoms. The summed E-state index contributed by atoms with van der Waals surface area (Å²) in [6, 6.07) is 19.3. The van der Waals surface area contributed by atoms with E-state index >= 15 is 0 Å². The number of carbonyl (C=O) groups is 8. The Morgan fingerprint density at radius 1 is 0.433 bits per heavy atom. The van der Waals surface area contributed by atoms with Gasteiger partial charge in [-0.2, -0.15) is 0 Å². The summed E-state index contributed by atoms with van der Waals surface area (Å²) >= 11 is 0. The highest BCUT2D eigenvalue weighted by Gasteiger charge is 2.20. The molecule has 34 heteroatoms. The van der Waals surface area contributed by atoms with Crippen LogP contribution in [0.1, 0.15) is 71.2 Å². The SMILES string of the molecule is Cn1cc(NC(=O)CCNC(=O)c2cc(NC(=O)c3nc(NC(=O)CCNC(=O)c4cc(NC(=O)c5nccn5C)c[nH]4)cn3C)c[nH]2)nc1C(=O)NCCOCCOCCOCCOCCOCCOCCOCCOCCOc1ccc(NC(=O)OCc2ccccc2)cc1. The van der Waals surface area contributed by atoms with Crippen LogP contribution in [0.4, 0.5) is 33.5 Å². The molecule has 2 aromatic carbocycles. The number of benzene rings is 2. The summed E-state index contributed by atoms with van der Waals surface area (Å²) in [5.41, 5.74) is 2.34. The van der Waals surface area contributed by atoms with Gasteiger partial charge in [0, 0.05) is 96.5 Å². The number of imidazole rings is 3. The van der Waals surface area contributed by atoms with E-state index in [0.29, 0.717) is 123 Å². The first kappa shape index (κ1) is 74.1. The molecule has 34 nitrogen and oxygen atoms in total. The van der Waals surface area contributed by atoms with Crippen LogP contribution in [0, 0.1) is 0 Å². The molecule has 0 unspecified atom stereocenters. The average Bonchev–Trinajstić information content (AvgIpc) is 1.77. The molecule has 0 bridgehead atoms. The highest BCUT2D eigenvalue weighted by Crippen LogP contribution is 2.18. The molecule has 0 radical (unpaired) electrons. The van der Waals surface area contributed by atoms with Crippen molar-refractivity contribution < 1.29 is 85.7 Å². The van der Waals surface area contributed by atoms with Crippen LogP contribution >= 0.6 is 0 Å². The lowest BCUT2D eigenvalue weighted by atomic mass is 10.2.